The van der Waals surface area contributed by atoms with Gasteiger partial charge in [0.25, 0.3) is 0 Å². The lowest BCUT2D eigenvalue weighted by atomic mass is 10.2. The van der Waals surface area contributed by atoms with Crippen molar-refractivity contribution in [3.05, 3.63) is 16.1 Å². The molecule has 1 aliphatic rings. The van der Waals surface area contributed by atoms with Crippen molar-refractivity contribution in [3.63, 3.8) is 0 Å². The molecule has 3 heteroatoms. The summed E-state index contributed by atoms with van der Waals surface area (Å²) in [6.45, 7) is 5.28. The molecule has 1 aromatic rings. The number of ether oxygens (including phenoxy) is 1. The summed E-state index contributed by atoms with van der Waals surface area (Å²) in [4.78, 5) is 4.53. The van der Waals surface area contributed by atoms with Crippen LogP contribution in [0.15, 0.2) is 5.38 Å². The highest BCUT2D eigenvalue weighted by Crippen LogP contribution is 2.22. The van der Waals surface area contributed by atoms with Crippen LogP contribution in [-0.4, -0.2) is 17.7 Å². The zero-order valence-electron chi connectivity index (χ0n) is 7.41. The average molecular weight is 183 g/mol. The lowest BCUT2D eigenvalue weighted by Gasteiger charge is -1.95. The minimum absolute atomic E-state index is 0.465. The van der Waals surface area contributed by atoms with Crippen LogP contribution in [0.2, 0.25) is 0 Å². The van der Waals surface area contributed by atoms with E-state index in [1.54, 1.807) is 11.3 Å². The molecule has 2 nitrogen and oxygen atoms in total. The molecule has 0 aliphatic carbocycles. The van der Waals surface area contributed by atoms with Crippen LogP contribution in [0.25, 0.3) is 0 Å². The molecule has 2 rings (SSSR count). The normalized spacial score (nSPS) is 21.8. The van der Waals surface area contributed by atoms with Crippen molar-refractivity contribution in [3.8, 4) is 0 Å². The van der Waals surface area contributed by atoms with Crippen LogP contribution in [0.4, 0.5) is 0 Å². The second kappa shape index (κ2) is 3.15. The van der Waals surface area contributed by atoms with Crippen molar-refractivity contribution in [1.29, 1.82) is 0 Å². The van der Waals surface area contributed by atoms with E-state index in [0.29, 0.717) is 12.0 Å². The Balaban J connectivity index is 2.02. The third-order valence-electron chi connectivity index (χ3n) is 1.90. The first-order valence-corrected chi connectivity index (χ1v) is 5.19. The van der Waals surface area contributed by atoms with Gasteiger partial charge < -0.3 is 4.74 Å². The van der Waals surface area contributed by atoms with Crippen LogP contribution in [0, 0.1) is 0 Å². The minimum Gasteiger partial charge on any atom is -0.373 e. The highest BCUT2D eigenvalue weighted by molar-refractivity contribution is 7.09. The summed E-state index contributed by atoms with van der Waals surface area (Å²) in [5, 5.41) is 3.39. The lowest BCUT2D eigenvalue weighted by molar-refractivity contribution is 0.406. The molecule has 1 fully saturated rings. The maximum absolute atomic E-state index is 5.15. The highest BCUT2D eigenvalue weighted by Gasteiger charge is 2.23. The second-order valence-corrected chi connectivity index (χ2v) is 4.38. The standard InChI is InChI=1S/C9H13NOS/c1-6(2)9-10-7(5-12-9)3-8-4-11-8/h5-6,8H,3-4H2,1-2H3. The van der Waals surface area contributed by atoms with E-state index in [4.69, 9.17) is 4.74 Å². The van der Waals surface area contributed by atoms with Crippen molar-refractivity contribution in [1.82, 2.24) is 4.98 Å². The predicted molar refractivity (Wildman–Crippen MR) is 49.6 cm³/mol. The van der Waals surface area contributed by atoms with Gasteiger partial charge in [0.1, 0.15) is 0 Å². The fourth-order valence-electron chi connectivity index (χ4n) is 1.10. The van der Waals surface area contributed by atoms with Crippen LogP contribution in [0.3, 0.4) is 0 Å². The molecule has 0 saturated carbocycles. The van der Waals surface area contributed by atoms with E-state index in [0.717, 1.165) is 13.0 Å². The molecule has 1 atom stereocenters. The fourth-order valence-corrected chi connectivity index (χ4v) is 1.95. The number of thiazole rings is 1. The third kappa shape index (κ3) is 1.84. The van der Waals surface area contributed by atoms with Gasteiger partial charge in [0.15, 0.2) is 0 Å². The molecule has 0 radical (unpaired) electrons. The third-order valence-corrected chi connectivity index (χ3v) is 3.10. The zero-order valence-corrected chi connectivity index (χ0v) is 8.23. The number of nitrogens with zero attached hydrogens (tertiary/aromatic N) is 1. The molecule has 0 N–H and O–H groups in total. The van der Waals surface area contributed by atoms with Crippen molar-refractivity contribution in [2.24, 2.45) is 0 Å². The number of epoxide rings is 1. The zero-order chi connectivity index (χ0) is 8.55. The topological polar surface area (TPSA) is 25.4 Å². The van der Waals surface area contributed by atoms with E-state index in [-0.39, 0.29) is 0 Å². The molecule has 0 bridgehead atoms. The van der Waals surface area contributed by atoms with Gasteiger partial charge in [0, 0.05) is 17.7 Å². The van der Waals surface area contributed by atoms with Gasteiger partial charge in [-0.2, -0.15) is 0 Å². The van der Waals surface area contributed by atoms with Crippen molar-refractivity contribution in [2.75, 3.05) is 6.61 Å². The minimum atomic E-state index is 0.465. The van der Waals surface area contributed by atoms with Crippen molar-refractivity contribution >= 4 is 11.3 Å². The Bertz CT molecular complexity index is 265. The van der Waals surface area contributed by atoms with Gasteiger partial charge in [-0.1, -0.05) is 13.8 Å². The number of aromatic nitrogens is 1. The van der Waals surface area contributed by atoms with E-state index in [1.807, 2.05) is 0 Å². The van der Waals surface area contributed by atoms with E-state index in [9.17, 15) is 0 Å². The number of rotatable bonds is 3. The molecule has 0 spiro atoms. The van der Waals surface area contributed by atoms with Gasteiger partial charge in [0.2, 0.25) is 0 Å². The number of hydrogen-bond acceptors (Lipinski definition) is 3. The molecule has 1 saturated heterocycles. The Morgan fingerprint density at radius 2 is 2.50 bits per heavy atom. The average Bonchev–Trinajstić information content (AvgIpc) is 2.66. The van der Waals surface area contributed by atoms with Gasteiger partial charge in [-0.25, -0.2) is 4.98 Å². The van der Waals surface area contributed by atoms with E-state index in [1.165, 1.54) is 10.7 Å². The molecule has 1 unspecified atom stereocenters. The summed E-state index contributed by atoms with van der Waals surface area (Å²) in [7, 11) is 0. The van der Waals surface area contributed by atoms with Gasteiger partial charge >= 0.3 is 0 Å². The number of hydrogen-bond donors (Lipinski definition) is 0. The van der Waals surface area contributed by atoms with Gasteiger partial charge in [-0.15, -0.1) is 11.3 Å². The van der Waals surface area contributed by atoms with E-state index >= 15 is 0 Å². The molecule has 2 heterocycles. The van der Waals surface area contributed by atoms with Crippen LogP contribution in [0.5, 0.6) is 0 Å². The lowest BCUT2D eigenvalue weighted by Crippen LogP contribution is -1.94. The Labute approximate surface area is 76.6 Å². The summed E-state index contributed by atoms with van der Waals surface area (Å²) < 4.78 is 5.15. The fraction of sp³-hybridized carbons (Fsp3) is 0.667. The van der Waals surface area contributed by atoms with Gasteiger partial charge in [0.05, 0.1) is 23.4 Å². The maximum atomic E-state index is 5.15. The Kier molecular flexibility index (Phi) is 2.15. The Hall–Kier alpha value is -0.410. The first kappa shape index (κ1) is 8.20. The molecule has 1 aliphatic heterocycles. The first-order chi connectivity index (χ1) is 5.75. The summed E-state index contributed by atoms with van der Waals surface area (Å²) in [6, 6.07) is 0. The van der Waals surface area contributed by atoms with E-state index < -0.39 is 0 Å². The van der Waals surface area contributed by atoms with Crippen molar-refractivity contribution in [2.45, 2.75) is 32.3 Å². The summed E-state index contributed by atoms with van der Waals surface area (Å²) >= 11 is 1.76. The van der Waals surface area contributed by atoms with Crippen LogP contribution in [-0.2, 0) is 11.2 Å². The van der Waals surface area contributed by atoms with Crippen molar-refractivity contribution < 1.29 is 4.74 Å². The first-order valence-electron chi connectivity index (χ1n) is 4.31. The summed E-state index contributed by atoms with van der Waals surface area (Å²) in [5.74, 6) is 0.559. The highest BCUT2D eigenvalue weighted by atomic mass is 32.1. The SMILES string of the molecule is CC(C)c1nc(CC2CO2)cs1. The molecule has 1 aromatic heterocycles. The molecular weight excluding hydrogens is 170 g/mol. The van der Waals surface area contributed by atoms with E-state index in [2.05, 4.69) is 24.2 Å². The summed E-state index contributed by atoms with van der Waals surface area (Å²) in [5.41, 5.74) is 1.20. The van der Waals surface area contributed by atoms with Crippen LogP contribution >= 0.6 is 11.3 Å². The van der Waals surface area contributed by atoms with Gasteiger partial charge in [-0.3, -0.25) is 0 Å². The predicted octanol–water partition coefficient (Wildman–Crippen LogP) is 2.21. The Morgan fingerprint density at radius 1 is 1.75 bits per heavy atom. The molecule has 12 heavy (non-hydrogen) atoms. The second-order valence-electron chi connectivity index (χ2n) is 3.49. The quantitative estimate of drug-likeness (QED) is 0.671. The summed E-state index contributed by atoms with van der Waals surface area (Å²) in [6.07, 6.45) is 1.47. The molecular formula is C9H13NOS. The largest absolute Gasteiger partial charge is 0.373 e. The van der Waals surface area contributed by atoms with Crippen LogP contribution in [0.1, 0.15) is 30.5 Å². The molecule has 66 valence electrons. The molecule has 0 aromatic carbocycles. The maximum Gasteiger partial charge on any atom is 0.0953 e. The Morgan fingerprint density at radius 3 is 3.00 bits per heavy atom. The smallest absolute Gasteiger partial charge is 0.0953 e. The van der Waals surface area contributed by atoms with Crippen LogP contribution < -0.4 is 0 Å². The van der Waals surface area contributed by atoms with Gasteiger partial charge in [-0.05, 0) is 0 Å². The monoisotopic (exact) mass is 183 g/mol. The molecule has 0 amide bonds.